The highest BCUT2D eigenvalue weighted by atomic mass is 16.5. The van der Waals surface area contributed by atoms with Crippen LogP contribution >= 0.6 is 0 Å². The molecule has 7 nitrogen and oxygen atoms in total. The molecule has 0 aliphatic rings. The van der Waals surface area contributed by atoms with Crippen LogP contribution in [0.15, 0.2) is 60.8 Å². The predicted molar refractivity (Wildman–Crippen MR) is 120 cm³/mol. The number of carbonyl (C=O) groups excluding carboxylic acids is 2. The maximum absolute atomic E-state index is 13.4. The molecule has 2 amide bonds. The van der Waals surface area contributed by atoms with Gasteiger partial charge in [0.2, 0.25) is 5.91 Å². The van der Waals surface area contributed by atoms with Crippen molar-refractivity contribution in [2.24, 2.45) is 0 Å². The van der Waals surface area contributed by atoms with Crippen molar-refractivity contribution in [1.82, 2.24) is 20.0 Å². The number of hydrogen-bond donors (Lipinski definition) is 1. The number of methoxy groups -OCH3 is 1. The van der Waals surface area contributed by atoms with Gasteiger partial charge in [-0.2, -0.15) is 5.10 Å². The molecule has 3 rings (SSSR count). The van der Waals surface area contributed by atoms with Crippen molar-refractivity contribution in [3.05, 3.63) is 66.4 Å². The maximum atomic E-state index is 13.4. The fourth-order valence-electron chi connectivity index (χ4n) is 3.24. The maximum Gasteiger partial charge on any atom is 0.258 e. The van der Waals surface area contributed by atoms with Crippen LogP contribution < -0.4 is 10.1 Å². The first-order valence-electron chi connectivity index (χ1n) is 10.3. The van der Waals surface area contributed by atoms with E-state index in [0.29, 0.717) is 17.8 Å². The zero-order valence-electron chi connectivity index (χ0n) is 18.3. The zero-order valence-corrected chi connectivity index (χ0v) is 18.3. The number of ether oxygens (including phenoxy) is 1. The minimum Gasteiger partial charge on any atom is -0.497 e. The van der Waals surface area contributed by atoms with Crippen molar-refractivity contribution in [2.75, 3.05) is 20.2 Å². The van der Waals surface area contributed by atoms with Gasteiger partial charge in [0, 0.05) is 24.3 Å². The molecule has 0 bridgehead atoms. The quantitative estimate of drug-likeness (QED) is 0.605. The second-order valence-corrected chi connectivity index (χ2v) is 7.44. The molecule has 0 radical (unpaired) electrons. The minimum absolute atomic E-state index is 0.00785. The summed E-state index contributed by atoms with van der Waals surface area (Å²) >= 11 is 0. The van der Waals surface area contributed by atoms with Crippen LogP contribution in [0.5, 0.6) is 5.75 Å². The highest BCUT2D eigenvalue weighted by Crippen LogP contribution is 2.27. The summed E-state index contributed by atoms with van der Waals surface area (Å²) in [5.74, 6) is 0.292. The highest BCUT2D eigenvalue weighted by molar-refractivity contribution is 6.01. The van der Waals surface area contributed by atoms with E-state index in [0.717, 1.165) is 17.0 Å². The summed E-state index contributed by atoms with van der Waals surface area (Å²) in [6.07, 6.45) is 1.72. The van der Waals surface area contributed by atoms with Gasteiger partial charge in [-0.25, -0.2) is 4.68 Å². The third kappa shape index (κ3) is 5.31. The Morgan fingerprint density at radius 1 is 1.10 bits per heavy atom. The molecule has 1 heterocycles. The third-order valence-electron chi connectivity index (χ3n) is 4.78. The van der Waals surface area contributed by atoms with E-state index in [1.807, 2.05) is 75.4 Å². The molecule has 162 valence electrons. The molecular formula is C24H28N4O3. The van der Waals surface area contributed by atoms with Gasteiger partial charge in [-0.05, 0) is 57.2 Å². The van der Waals surface area contributed by atoms with Crippen LogP contribution in [0.3, 0.4) is 0 Å². The van der Waals surface area contributed by atoms with E-state index in [9.17, 15) is 9.59 Å². The number of para-hydroxylation sites is 1. The van der Waals surface area contributed by atoms with Crippen LogP contribution in [-0.2, 0) is 4.79 Å². The molecule has 0 aliphatic heterocycles. The van der Waals surface area contributed by atoms with Crippen LogP contribution in [0.4, 0.5) is 0 Å². The van der Waals surface area contributed by atoms with Crippen LogP contribution in [-0.4, -0.2) is 52.7 Å². The molecule has 0 unspecified atom stereocenters. The van der Waals surface area contributed by atoms with Gasteiger partial charge in [-0.15, -0.1) is 0 Å². The van der Waals surface area contributed by atoms with Crippen LogP contribution in [0.1, 0.15) is 31.1 Å². The molecule has 3 aromatic rings. The van der Waals surface area contributed by atoms with Crippen LogP contribution in [0.2, 0.25) is 0 Å². The second-order valence-electron chi connectivity index (χ2n) is 7.44. The molecule has 0 aliphatic carbocycles. The normalized spacial score (nSPS) is 10.7. The monoisotopic (exact) mass is 420 g/mol. The minimum atomic E-state index is -0.241. The van der Waals surface area contributed by atoms with Crippen molar-refractivity contribution < 1.29 is 14.3 Å². The van der Waals surface area contributed by atoms with Crippen molar-refractivity contribution in [3.8, 4) is 22.7 Å². The van der Waals surface area contributed by atoms with Gasteiger partial charge in [0.05, 0.1) is 24.9 Å². The van der Waals surface area contributed by atoms with Crippen molar-refractivity contribution in [3.63, 3.8) is 0 Å². The van der Waals surface area contributed by atoms with E-state index in [2.05, 4.69) is 5.32 Å². The summed E-state index contributed by atoms with van der Waals surface area (Å²) in [4.78, 5) is 27.2. The van der Waals surface area contributed by atoms with Gasteiger partial charge in [0.15, 0.2) is 0 Å². The molecule has 0 fully saturated rings. The lowest BCUT2D eigenvalue weighted by Crippen LogP contribution is -2.42. The van der Waals surface area contributed by atoms with Gasteiger partial charge in [0.1, 0.15) is 11.4 Å². The number of rotatable bonds is 8. The number of nitrogens with one attached hydrogen (secondary N) is 1. The Hall–Kier alpha value is -3.61. The Bertz CT molecular complexity index is 1030. The molecule has 1 aromatic heterocycles. The molecule has 7 heteroatoms. The van der Waals surface area contributed by atoms with E-state index in [1.165, 1.54) is 4.90 Å². The van der Waals surface area contributed by atoms with Crippen molar-refractivity contribution in [1.29, 1.82) is 0 Å². The van der Waals surface area contributed by atoms with Gasteiger partial charge >= 0.3 is 0 Å². The zero-order chi connectivity index (χ0) is 22.4. The Morgan fingerprint density at radius 2 is 1.77 bits per heavy atom. The summed E-state index contributed by atoms with van der Waals surface area (Å²) in [5, 5.41) is 7.54. The van der Waals surface area contributed by atoms with E-state index in [1.54, 1.807) is 18.0 Å². The van der Waals surface area contributed by atoms with E-state index in [4.69, 9.17) is 9.84 Å². The molecule has 1 N–H and O–H groups in total. The second kappa shape index (κ2) is 9.93. The summed E-state index contributed by atoms with van der Waals surface area (Å²) in [7, 11) is 1.61. The first-order chi connectivity index (χ1) is 14.9. The average molecular weight is 421 g/mol. The molecule has 0 saturated heterocycles. The predicted octanol–water partition coefficient (Wildman–Crippen LogP) is 3.53. The first-order valence-corrected chi connectivity index (χ1v) is 10.3. The fraction of sp³-hybridized carbons (Fsp3) is 0.292. The Morgan fingerprint density at radius 3 is 2.35 bits per heavy atom. The molecule has 0 atom stereocenters. The molecular weight excluding hydrogens is 392 g/mol. The highest BCUT2D eigenvalue weighted by Gasteiger charge is 2.24. The Kier molecular flexibility index (Phi) is 7.07. The SMILES string of the molecule is CCN(CC(=O)NC(C)C)C(=O)c1cn(-c2ccccc2)nc1-c1ccc(OC)cc1. The Labute approximate surface area is 182 Å². The smallest absolute Gasteiger partial charge is 0.258 e. The summed E-state index contributed by atoms with van der Waals surface area (Å²) in [6.45, 7) is 6.04. The van der Waals surface area contributed by atoms with E-state index < -0.39 is 0 Å². The molecule has 2 aromatic carbocycles. The van der Waals surface area contributed by atoms with Gasteiger partial charge in [-0.3, -0.25) is 9.59 Å². The lowest BCUT2D eigenvalue weighted by Gasteiger charge is -2.21. The first kappa shape index (κ1) is 22.1. The summed E-state index contributed by atoms with van der Waals surface area (Å²) in [6, 6.07) is 17.0. The van der Waals surface area contributed by atoms with Crippen molar-refractivity contribution in [2.45, 2.75) is 26.8 Å². The van der Waals surface area contributed by atoms with Crippen molar-refractivity contribution >= 4 is 11.8 Å². The van der Waals surface area contributed by atoms with E-state index >= 15 is 0 Å². The lowest BCUT2D eigenvalue weighted by molar-refractivity contribution is -0.122. The van der Waals surface area contributed by atoms with Crippen LogP contribution in [0.25, 0.3) is 16.9 Å². The summed E-state index contributed by atoms with van der Waals surface area (Å²) in [5.41, 5.74) is 2.63. The van der Waals surface area contributed by atoms with E-state index in [-0.39, 0.29) is 24.4 Å². The molecule has 0 saturated carbocycles. The topological polar surface area (TPSA) is 76.5 Å². The number of amides is 2. The number of benzene rings is 2. The van der Waals surface area contributed by atoms with Gasteiger partial charge in [-0.1, -0.05) is 18.2 Å². The van der Waals surface area contributed by atoms with Gasteiger partial charge in [0.25, 0.3) is 5.91 Å². The molecule has 31 heavy (non-hydrogen) atoms. The number of carbonyl (C=O) groups is 2. The third-order valence-corrected chi connectivity index (χ3v) is 4.78. The average Bonchev–Trinajstić information content (AvgIpc) is 3.22. The number of hydrogen-bond acceptors (Lipinski definition) is 4. The Balaban J connectivity index is 2.00. The molecule has 0 spiro atoms. The van der Waals surface area contributed by atoms with Gasteiger partial charge < -0.3 is 15.0 Å². The van der Waals surface area contributed by atoms with Crippen LogP contribution in [0, 0.1) is 0 Å². The number of likely N-dealkylation sites (N-methyl/N-ethyl adjacent to an activating group) is 1. The number of aromatic nitrogens is 2. The summed E-state index contributed by atoms with van der Waals surface area (Å²) < 4.78 is 6.93. The number of nitrogens with zero attached hydrogens (tertiary/aromatic N) is 3. The largest absolute Gasteiger partial charge is 0.497 e. The lowest BCUT2D eigenvalue weighted by atomic mass is 10.1. The standard InChI is InChI=1S/C24H28N4O3/c1-5-27(16-22(29)25-17(2)3)24(30)21-15-28(19-9-7-6-8-10-19)26-23(21)18-11-13-20(31-4)14-12-18/h6-15,17H,5,16H2,1-4H3,(H,25,29). The fourth-order valence-corrected chi connectivity index (χ4v) is 3.24.